The van der Waals surface area contributed by atoms with E-state index in [-0.39, 0.29) is 0 Å². The molecule has 1 aliphatic carbocycles. The predicted octanol–water partition coefficient (Wildman–Crippen LogP) is 5.48. The first kappa shape index (κ1) is 16.1. The standard InChI is InChI=1S/C20H31N/c1-4-6-7-8-18(5-2)9-10-19-13-15-21(16-14-19)17(3)20-11-12-20/h4-8,19-20H,3,9-16H2,1-2H3/b6-4-,8-7-,18-5+. The van der Waals surface area contributed by atoms with Gasteiger partial charge in [0.2, 0.25) is 0 Å². The summed E-state index contributed by atoms with van der Waals surface area (Å²) < 4.78 is 0. The second-order valence-electron chi connectivity index (χ2n) is 6.48. The van der Waals surface area contributed by atoms with Crippen molar-refractivity contribution in [2.24, 2.45) is 11.8 Å². The fraction of sp³-hybridized carbons (Fsp3) is 0.600. The zero-order valence-electron chi connectivity index (χ0n) is 13.9. The summed E-state index contributed by atoms with van der Waals surface area (Å²) >= 11 is 0. The van der Waals surface area contributed by atoms with E-state index in [0.29, 0.717) is 0 Å². The van der Waals surface area contributed by atoms with Crippen molar-refractivity contribution in [3.05, 3.63) is 48.2 Å². The highest BCUT2D eigenvalue weighted by molar-refractivity contribution is 5.21. The summed E-state index contributed by atoms with van der Waals surface area (Å²) in [4.78, 5) is 2.55. The number of nitrogens with zero attached hydrogens (tertiary/aromatic N) is 1. The lowest BCUT2D eigenvalue weighted by molar-refractivity contribution is 0.212. The molecular weight excluding hydrogens is 254 g/mol. The minimum atomic E-state index is 0.827. The lowest BCUT2D eigenvalue weighted by atomic mass is 9.90. The van der Waals surface area contributed by atoms with Crippen LogP contribution in [0.4, 0.5) is 0 Å². The molecule has 116 valence electrons. The van der Waals surface area contributed by atoms with E-state index in [1.54, 1.807) is 0 Å². The summed E-state index contributed by atoms with van der Waals surface area (Å²) in [6, 6.07) is 0. The maximum Gasteiger partial charge on any atom is 0.0177 e. The summed E-state index contributed by atoms with van der Waals surface area (Å²) in [6.45, 7) is 11.0. The molecule has 2 rings (SSSR count). The fourth-order valence-electron chi connectivity index (χ4n) is 3.17. The lowest BCUT2D eigenvalue weighted by Crippen LogP contribution is -2.33. The van der Waals surface area contributed by atoms with Crippen molar-refractivity contribution in [2.45, 2.75) is 52.4 Å². The molecule has 1 nitrogen and oxygen atoms in total. The van der Waals surface area contributed by atoms with Crippen molar-refractivity contribution >= 4 is 0 Å². The first-order valence-electron chi connectivity index (χ1n) is 8.63. The van der Waals surface area contributed by atoms with E-state index >= 15 is 0 Å². The van der Waals surface area contributed by atoms with Crippen molar-refractivity contribution in [1.29, 1.82) is 0 Å². The van der Waals surface area contributed by atoms with Crippen LogP contribution in [-0.2, 0) is 0 Å². The SMILES string of the molecule is C=C(C1CC1)N1CCC(CCC(/C=C\C=C/C)=C/C)CC1. The van der Waals surface area contributed by atoms with Crippen LogP contribution < -0.4 is 0 Å². The average molecular weight is 285 g/mol. The first-order chi connectivity index (χ1) is 10.2. The molecule has 0 bridgehead atoms. The highest BCUT2D eigenvalue weighted by Crippen LogP contribution is 2.38. The number of hydrogen-bond acceptors (Lipinski definition) is 1. The van der Waals surface area contributed by atoms with Crippen LogP contribution in [0.15, 0.2) is 48.2 Å². The molecular formula is C20H31N. The molecule has 2 fully saturated rings. The monoisotopic (exact) mass is 285 g/mol. The molecule has 0 N–H and O–H groups in total. The number of likely N-dealkylation sites (tertiary alicyclic amines) is 1. The third kappa shape index (κ3) is 5.22. The highest BCUT2D eigenvalue weighted by Gasteiger charge is 2.30. The molecule has 1 heteroatoms. The third-order valence-corrected chi connectivity index (χ3v) is 4.90. The third-order valence-electron chi connectivity index (χ3n) is 4.90. The Labute approximate surface area is 131 Å². The van der Waals surface area contributed by atoms with E-state index in [9.17, 15) is 0 Å². The minimum Gasteiger partial charge on any atom is -0.375 e. The predicted molar refractivity (Wildman–Crippen MR) is 93.1 cm³/mol. The second kappa shape index (κ2) is 8.26. The second-order valence-corrected chi connectivity index (χ2v) is 6.48. The highest BCUT2D eigenvalue weighted by atomic mass is 15.1. The van der Waals surface area contributed by atoms with Gasteiger partial charge in [-0.25, -0.2) is 0 Å². The van der Waals surface area contributed by atoms with Crippen molar-refractivity contribution in [2.75, 3.05) is 13.1 Å². The van der Waals surface area contributed by atoms with Gasteiger partial charge >= 0.3 is 0 Å². The Morgan fingerprint density at radius 3 is 2.38 bits per heavy atom. The van der Waals surface area contributed by atoms with Crippen molar-refractivity contribution in [1.82, 2.24) is 4.90 Å². The van der Waals surface area contributed by atoms with Crippen LogP contribution in [-0.4, -0.2) is 18.0 Å². The molecule has 0 atom stereocenters. The van der Waals surface area contributed by atoms with Gasteiger partial charge in [0, 0.05) is 18.8 Å². The summed E-state index contributed by atoms with van der Waals surface area (Å²) in [5.41, 5.74) is 2.90. The quantitative estimate of drug-likeness (QED) is 0.560. The fourth-order valence-corrected chi connectivity index (χ4v) is 3.17. The van der Waals surface area contributed by atoms with E-state index in [1.165, 1.54) is 62.9 Å². The van der Waals surface area contributed by atoms with Crippen LogP contribution in [0.2, 0.25) is 0 Å². The van der Waals surface area contributed by atoms with Gasteiger partial charge in [-0.15, -0.1) is 0 Å². The van der Waals surface area contributed by atoms with Crippen LogP contribution in [0.5, 0.6) is 0 Å². The minimum absolute atomic E-state index is 0.827. The van der Waals surface area contributed by atoms with Crippen LogP contribution in [0.3, 0.4) is 0 Å². The molecule has 1 saturated carbocycles. The molecule has 21 heavy (non-hydrogen) atoms. The molecule has 0 unspecified atom stereocenters. The maximum atomic E-state index is 4.30. The Morgan fingerprint density at radius 2 is 1.81 bits per heavy atom. The first-order valence-corrected chi connectivity index (χ1v) is 8.63. The van der Waals surface area contributed by atoms with Gasteiger partial charge in [-0.3, -0.25) is 0 Å². The Hall–Kier alpha value is -1.24. The largest absolute Gasteiger partial charge is 0.375 e. The lowest BCUT2D eigenvalue weighted by Gasteiger charge is -2.35. The number of rotatable bonds is 7. The van der Waals surface area contributed by atoms with E-state index in [4.69, 9.17) is 0 Å². The average Bonchev–Trinajstić information content (AvgIpc) is 3.35. The van der Waals surface area contributed by atoms with Gasteiger partial charge in [-0.2, -0.15) is 0 Å². The molecule has 2 aliphatic rings. The van der Waals surface area contributed by atoms with Gasteiger partial charge in [0.15, 0.2) is 0 Å². The Balaban J connectivity index is 1.69. The zero-order chi connectivity index (χ0) is 15.1. The van der Waals surface area contributed by atoms with Gasteiger partial charge in [-0.1, -0.05) is 42.5 Å². The van der Waals surface area contributed by atoms with Crippen LogP contribution in [0, 0.1) is 11.8 Å². The smallest absolute Gasteiger partial charge is 0.0177 e. The molecule has 0 spiro atoms. The summed E-state index contributed by atoms with van der Waals surface area (Å²) in [5, 5.41) is 0. The molecule has 0 aromatic rings. The number of allylic oxidation sites excluding steroid dienone is 7. The Morgan fingerprint density at radius 1 is 1.10 bits per heavy atom. The van der Waals surface area contributed by atoms with E-state index < -0.39 is 0 Å². The number of hydrogen-bond donors (Lipinski definition) is 0. The molecule has 0 aromatic heterocycles. The van der Waals surface area contributed by atoms with Gasteiger partial charge in [0.1, 0.15) is 0 Å². The normalized spacial score (nSPS) is 21.6. The summed E-state index contributed by atoms with van der Waals surface area (Å²) in [6.07, 6.45) is 18.8. The maximum absolute atomic E-state index is 4.30. The van der Waals surface area contributed by atoms with Crippen LogP contribution in [0.25, 0.3) is 0 Å². The molecule has 0 amide bonds. The van der Waals surface area contributed by atoms with E-state index in [2.05, 4.69) is 55.7 Å². The van der Waals surface area contributed by atoms with Crippen LogP contribution in [0.1, 0.15) is 52.4 Å². The van der Waals surface area contributed by atoms with Gasteiger partial charge in [0.25, 0.3) is 0 Å². The van der Waals surface area contributed by atoms with Gasteiger partial charge in [-0.05, 0) is 64.2 Å². The Kier molecular flexibility index (Phi) is 6.35. The van der Waals surface area contributed by atoms with Crippen molar-refractivity contribution in [3.8, 4) is 0 Å². The zero-order valence-corrected chi connectivity index (χ0v) is 13.9. The summed E-state index contributed by atoms with van der Waals surface area (Å²) in [7, 11) is 0. The van der Waals surface area contributed by atoms with Crippen molar-refractivity contribution < 1.29 is 0 Å². The van der Waals surface area contributed by atoms with Gasteiger partial charge < -0.3 is 4.90 Å². The molecule has 1 heterocycles. The Bertz CT molecular complexity index is 415. The number of piperidine rings is 1. The van der Waals surface area contributed by atoms with Crippen molar-refractivity contribution in [3.63, 3.8) is 0 Å². The van der Waals surface area contributed by atoms with E-state index in [1.807, 2.05) is 0 Å². The molecule has 1 aliphatic heterocycles. The topological polar surface area (TPSA) is 3.24 Å². The van der Waals surface area contributed by atoms with Gasteiger partial charge in [0.05, 0.1) is 0 Å². The van der Waals surface area contributed by atoms with E-state index in [0.717, 1.165) is 11.8 Å². The summed E-state index contributed by atoms with van der Waals surface area (Å²) in [5.74, 6) is 1.73. The molecule has 0 aromatic carbocycles. The van der Waals surface area contributed by atoms with Crippen LogP contribution >= 0.6 is 0 Å². The molecule has 1 saturated heterocycles. The molecule has 0 radical (unpaired) electrons.